The molecule has 1 amide bonds. The molecule has 7 nitrogen and oxygen atoms in total. The van der Waals surface area contributed by atoms with E-state index in [0.29, 0.717) is 0 Å². The summed E-state index contributed by atoms with van der Waals surface area (Å²) < 4.78 is 13.0. The number of carbonyl (C=O) groups is 1. The van der Waals surface area contributed by atoms with Crippen LogP contribution in [0.2, 0.25) is 0 Å². The molecule has 1 aromatic carbocycles. The Kier molecular flexibility index (Phi) is 8.66. The number of guanidine groups is 1. The third-order valence-electron chi connectivity index (χ3n) is 6.29. The highest BCUT2D eigenvalue weighted by atomic mass is 19.1. The van der Waals surface area contributed by atoms with Gasteiger partial charge in [0.05, 0.1) is 6.04 Å². The van der Waals surface area contributed by atoms with E-state index < -0.39 is 0 Å². The zero-order chi connectivity index (χ0) is 22.2. The minimum atomic E-state index is -0.202. The fraction of sp³-hybridized carbons (Fsp3) is 0.652. The highest BCUT2D eigenvalue weighted by Crippen LogP contribution is 2.14. The lowest BCUT2D eigenvalue weighted by Crippen LogP contribution is -2.57. The van der Waals surface area contributed by atoms with Crippen molar-refractivity contribution in [3.05, 3.63) is 35.6 Å². The van der Waals surface area contributed by atoms with Crippen molar-refractivity contribution in [1.82, 2.24) is 24.9 Å². The molecule has 0 saturated carbocycles. The number of hydrogen-bond acceptors (Lipinski definition) is 4. The van der Waals surface area contributed by atoms with E-state index in [-0.39, 0.29) is 17.8 Å². The van der Waals surface area contributed by atoms with Crippen molar-refractivity contribution >= 4 is 11.9 Å². The number of piperazine rings is 1. The van der Waals surface area contributed by atoms with Gasteiger partial charge in [0, 0.05) is 66.0 Å². The lowest BCUT2D eigenvalue weighted by molar-refractivity contribution is -0.135. The van der Waals surface area contributed by atoms with Crippen LogP contribution in [0.3, 0.4) is 0 Å². The van der Waals surface area contributed by atoms with Crippen LogP contribution in [-0.4, -0.2) is 104 Å². The van der Waals surface area contributed by atoms with Crippen molar-refractivity contribution in [2.24, 2.45) is 4.99 Å². The van der Waals surface area contributed by atoms with Crippen molar-refractivity contribution in [3.63, 3.8) is 0 Å². The molecule has 2 aliphatic rings. The predicted octanol–water partition coefficient (Wildman–Crippen LogP) is 1.46. The highest BCUT2D eigenvalue weighted by molar-refractivity contribution is 5.82. The number of nitrogens with zero attached hydrogens (tertiary/aromatic N) is 5. The molecule has 2 fully saturated rings. The van der Waals surface area contributed by atoms with Crippen molar-refractivity contribution < 1.29 is 9.18 Å². The quantitative estimate of drug-likeness (QED) is 0.522. The number of likely N-dealkylation sites (tertiary alicyclic amines) is 1. The second-order valence-corrected chi connectivity index (χ2v) is 8.57. The molecule has 1 N–H and O–H groups in total. The van der Waals surface area contributed by atoms with Gasteiger partial charge in [-0.3, -0.25) is 14.7 Å². The van der Waals surface area contributed by atoms with E-state index in [1.807, 2.05) is 31.0 Å². The van der Waals surface area contributed by atoms with Crippen molar-refractivity contribution in [1.29, 1.82) is 0 Å². The molecule has 8 heteroatoms. The zero-order valence-electron chi connectivity index (χ0n) is 19.2. The van der Waals surface area contributed by atoms with Crippen LogP contribution in [0.25, 0.3) is 0 Å². The largest absolute Gasteiger partial charge is 0.355 e. The summed E-state index contributed by atoms with van der Waals surface area (Å²) in [6, 6.07) is 6.61. The van der Waals surface area contributed by atoms with Gasteiger partial charge in [0.25, 0.3) is 0 Å². The average molecular weight is 433 g/mol. The lowest BCUT2D eigenvalue weighted by atomic mass is 10.2. The molecule has 0 radical (unpaired) electrons. The zero-order valence-corrected chi connectivity index (χ0v) is 19.2. The Morgan fingerprint density at radius 3 is 2.35 bits per heavy atom. The molecular weight excluding hydrogens is 395 g/mol. The summed E-state index contributed by atoms with van der Waals surface area (Å²) in [5, 5.41) is 3.46. The van der Waals surface area contributed by atoms with Crippen LogP contribution in [0.15, 0.2) is 29.3 Å². The Bertz CT molecular complexity index is 726. The van der Waals surface area contributed by atoms with Gasteiger partial charge in [-0.15, -0.1) is 0 Å². The predicted molar refractivity (Wildman–Crippen MR) is 123 cm³/mol. The minimum Gasteiger partial charge on any atom is -0.355 e. The lowest BCUT2D eigenvalue weighted by Gasteiger charge is -2.39. The van der Waals surface area contributed by atoms with Crippen LogP contribution < -0.4 is 5.32 Å². The first kappa shape index (κ1) is 23.5. The summed E-state index contributed by atoms with van der Waals surface area (Å²) >= 11 is 0. The smallest absolute Gasteiger partial charge is 0.239 e. The van der Waals surface area contributed by atoms with Gasteiger partial charge in [-0.05, 0) is 44.5 Å². The maximum absolute atomic E-state index is 13.0. The second kappa shape index (κ2) is 11.4. The van der Waals surface area contributed by atoms with Crippen LogP contribution in [0.1, 0.15) is 25.3 Å². The molecule has 2 heterocycles. The van der Waals surface area contributed by atoms with E-state index in [9.17, 15) is 9.18 Å². The summed E-state index contributed by atoms with van der Waals surface area (Å²) in [4.78, 5) is 25.9. The second-order valence-electron chi connectivity index (χ2n) is 8.57. The minimum absolute atomic E-state index is 0.0460. The van der Waals surface area contributed by atoms with Crippen molar-refractivity contribution in [2.75, 3.05) is 66.5 Å². The molecule has 3 rings (SSSR count). The first-order valence-electron chi connectivity index (χ1n) is 11.4. The van der Waals surface area contributed by atoms with Gasteiger partial charge >= 0.3 is 0 Å². The van der Waals surface area contributed by atoms with Crippen LogP contribution in [0.5, 0.6) is 0 Å². The van der Waals surface area contributed by atoms with Gasteiger partial charge in [-0.1, -0.05) is 12.1 Å². The summed E-state index contributed by atoms with van der Waals surface area (Å²) in [6.07, 6.45) is 2.26. The Morgan fingerprint density at radius 2 is 1.74 bits per heavy atom. The number of likely N-dealkylation sites (N-methyl/N-ethyl adjacent to an activating group) is 1. The molecular formula is C23H37FN6O. The Balaban J connectivity index is 1.38. The molecule has 31 heavy (non-hydrogen) atoms. The van der Waals surface area contributed by atoms with Crippen LogP contribution in [0, 0.1) is 5.82 Å². The molecule has 1 unspecified atom stereocenters. The topological polar surface area (TPSA) is 54.4 Å². The van der Waals surface area contributed by atoms with Crippen LogP contribution in [-0.2, 0) is 11.3 Å². The fourth-order valence-corrected chi connectivity index (χ4v) is 4.35. The number of halogens is 1. The van der Waals surface area contributed by atoms with E-state index in [0.717, 1.165) is 83.3 Å². The molecule has 0 aliphatic carbocycles. The van der Waals surface area contributed by atoms with Gasteiger partial charge in [0.2, 0.25) is 5.91 Å². The molecule has 1 atom stereocenters. The fourth-order valence-electron chi connectivity index (χ4n) is 4.35. The molecule has 0 spiro atoms. The van der Waals surface area contributed by atoms with Gasteiger partial charge in [-0.25, -0.2) is 4.39 Å². The number of hydrogen-bond donors (Lipinski definition) is 1. The molecule has 0 bridgehead atoms. The van der Waals surface area contributed by atoms with Gasteiger partial charge in [0.1, 0.15) is 5.82 Å². The van der Waals surface area contributed by atoms with Crippen molar-refractivity contribution in [2.45, 2.75) is 32.4 Å². The van der Waals surface area contributed by atoms with Crippen LogP contribution >= 0.6 is 0 Å². The summed E-state index contributed by atoms with van der Waals surface area (Å²) in [7, 11) is 3.88. The van der Waals surface area contributed by atoms with E-state index in [4.69, 9.17) is 0 Å². The number of amides is 1. The Labute approximate surface area is 185 Å². The molecule has 1 aromatic rings. The number of carbonyl (C=O) groups excluding carboxylic acids is 1. The summed E-state index contributed by atoms with van der Waals surface area (Å²) in [5.41, 5.74) is 1.10. The number of benzene rings is 1. The SMILES string of the molecule is CN=C(NCCN(C)Cc1ccc(F)cc1)N1CCN(C(C)C(=O)N2CCCC2)CC1. The van der Waals surface area contributed by atoms with Crippen molar-refractivity contribution in [3.8, 4) is 0 Å². The Hall–Kier alpha value is -2.19. The normalized spacial score (nSPS) is 19.2. The first-order chi connectivity index (χ1) is 15.0. The summed E-state index contributed by atoms with van der Waals surface area (Å²) in [5.74, 6) is 0.984. The standard InChI is InChI=1S/C23H37FN6O/c1-19(22(31)29-11-4-5-12-29)28-14-16-30(17-15-28)23(25-2)26-10-13-27(3)18-20-6-8-21(24)9-7-20/h6-9,19H,4-5,10-18H2,1-3H3,(H,25,26). The monoisotopic (exact) mass is 432 g/mol. The molecule has 2 saturated heterocycles. The van der Waals surface area contributed by atoms with Gasteiger partial charge < -0.3 is 20.0 Å². The van der Waals surface area contributed by atoms with Gasteiger partial charge in [-0.2, -0.15) is 0 Å². The maximum atomic E-state index is 13.0. The van der Waals surface area contributed by atoms with Gasteiger partial charge in [0.15, 0.2) is 5.96 Å². The number of nitrogens with one attached hydrogen (secondary N) is 1. The van der Waals surface area contributed by atoms with E-state index in [1.165, 1.54) is 12.1 Å². The highest BCUT2D eigenvalue weighted by Gasteiger charge is 2.30. The molecule has 2 aliphatic heterocycles. The van der Waals surface area contributed by atoms with E-state index >= 15 is 0 Å². The third-order valence-corrected chi connectivity index (χ3v) is 6.29. The van der Waals surface area contributed by atoms with E-state index in [1.54, 1.807) is 0 Å². The maximum Gasteiger partial charge on any atom is 0.239 e. The first-order valence-corrected chi connectivity index (χ1v) is 11.4. The molecule has 172 valence electrons. The van der Waals surface area contributed by atoms with E-state index in [2.05, 4.69) is 32.1 Å². The average Bonchev–Trinajstić information content (AvgIpc) is 3.32. The summed E-state index contributed by atoms with van der Waals surface area (Å²) in [6.45, 7) is 9.75. The Morgan fingerprint density at radius 1 is 1.10 bits per heavy atom. The third kappa shape index (κ3) is 6.64. The molecule has 0 aromatic heterocycles. The van der Waals surface area contributed by atoms with Crippen LogP contribution in [0.4, 0.5) is 4.39 Å². The number of rotatable bonds is 7. The number of aliphatic imine (C=N–C) groups is 1.